The van der Waals surface area contributed by atoms with Crippen molar-refractivity contribution in [2.75, 3.05) is 54.1 Å². The molecule has 2 N–H and O–H groups in total. The third-order valence-corrected chi connectivity index (χ3v) is 11.0. The number of benzene rings is 3. The van der Waals surface area contributed by atoms with Crippen LogP contribution in [-0.2, 0) is 22.7 Å². The number of aliphatic carboxylic acids is 1. The van der Waals surface area contributed by atoms with E-state index in [2.05, 4.69) is 15.1 Å². The van der Waals surface area contributed by atoms with Crippen LogP contribution >= 0.6 is 11.6 Å². The highest BCUT2D eigenvalue weighted by Gasteiger charge is 2.48. The van der Waals surface area contributed by atoms with Crippen molar-refractivity contribution < 1.29 is 28.9 Å². The van der Waals surface area contributed by atoms with Gasteiger partial charge in [-0.3, -0.25) is 19.4 Å². The average molecular weight is 723 g/mol. The van der Waals surface area contributed by atoms with Gasteiger partial charge in [0.15, 0.2) is 0 Å². The molecule has 12 nitrogen and oxygen atoms in total. The molecule has 0 saturated carbocycles. The standard InChI is InChI=1S/C39H39ClN6O6/c1-50-33-12-25(13-34(51-2)30(33)19-44-17-24(18-44)38(48)49)46-32-9-5-6-26(29(32)15-42-46)27-7-4-8-28(36(27)40)31-11-10-23(37(43-31)52-3)16-45-21-39(22-45)14-35(47)41-20-39/h4-13,15,24H,14,16-22H2,1-3H3,(H,41,47)(H,48,49). The minimum absolute atomic E-state index is 0.0551. The van der Waals surface area contributed by atoms with E-state index in [1.165, 1.54) is 0 Å². The molecule has 3 fully saturated rings. The van der Waals surface area contributed by atoms with Crippen LogP contribution in [0.25, 0.3) is 39.0 Å². The first-order valence-electron chi connectivity index (χ1n) is 17.2. The van der Waals surface area contributed by atoms with Gasteiger partial charge < -0.3 is 24.6 Å². The first-order valence-corrected chi connectivity index (χ1v) is 17.6. The molecule has 8 rings (SSSR count). The van der Waals surface area contributed by atoms with Gasteiger partial charge in [0.1, 0.15) is 11.5 Å². The number of aromatic nitrogens is 3. The number of carbonyl (C=O) groups is 2. The number of carboxylic acids is 1. The molecular weight excluding hydrogens is 684 g/mol. The Bertz CT molecular complexity index is 2180. The van der Waals surface area contributed by atoms with E-state index < -0.39 is 5.97 Å². The van der Waals surface area contributed by atoms with Crippen LogP contribution in [0.1, 0.15) is 17.5 Å². The van der Waals surface area contributed by atoms with Gasteiger partial charge in [0, 0.05) is 91.9 Å². The van der Waals surface area contributed by atoms with Crippen LogP contribution in [0.5, 0.6) is 17.4 Å². The Kier molecular flexibility index (Phi) is 8.76. The topological polar surface area (TPSA) is 131 Å². The van der Waals surface area contributed by atoms with Gasteiger partial charge in [-0.2, -0.15) is 5.10 Å². The Morgan fingerprint density at radius 1 is 0.942 bits per heavy atom. The maximum atomic E-state index is 11.8. The molecular formula is C39H39ClN6O6. The maximum Gasteiger partial charge on any atom is 0.309 e. The largest absolute Gasteiger partial charge is 0.496 e. The lowest BCUT2D eigenvalue weighted by Gasteiger charge is -2.47. The van der Waals surface area contributed by atoms with E-state index >= 15 is 0 Å². The van der Waals surface area contributed by atoms with E-state index in [1.807, 2.05) is 71.5 Å². The Morgan fingerprint density at radius 3 is 2.33 bits per heavy atom. The molecule has 0 atom stereocenters. The van der Waals surface area contributed by atoms with Gasteiger partial charge in [-0.25, -0.2) is 9.67 Å². The van der Waals surface area contributed by atoms with Gasteiger partial charge in [0.05, 0.1) is 60.9 Å². The highest BCUT2D eigenvalue weighted by molar-refractivity contribution is 6.36. The minimum Gasteiger partial charge on any atom is -0.496 e. The van der Waals surface area contributed by atoms with E-state index in [1.54, 1.807) is 21.3 Å². The molecule has 5 heterocycles. The lowest BCUT2D eigenvalue weighted by Crippen LogP contribution is -2.56. The van der Waals surface area contributed by atoms with Crippen molar-refractivity contribution in [3.05, 3.63) is 83.0 Å². The first kappa shape index (κ1) is 33.9. The van der Waals surface area contributed by atoms with Crippen molar-refractivity contribution in [1.29, 1.82) is 0 Å². The summed E-state index contributed by atoms with van der Waals surface area (Å²) in [5, 5.41) is 18.5. The van der Waals surface area contributed by atoms with E-state index in [-0.39, 0.29) is 17.2 Å². The summed E-state index contributed by atoms with van der Waals surface area (Å²) in [7, 11) is 4.86. The minimum atomic E-state index is -0.774. The van der Waals surface area contributed by atoms with Gasteiger partial charge in [0.2, 0.25) is 11.8 Å². The van der Waals surface area contributed by atoms with E-state index in [0.717, 1.165) is 64.0 Å². The first-order chi connectivity index (χ1) is 25.2. The summed E-state index contributed by atoms with van der Waals surface area (Å²) in [6, 6.07) is 19.8. The van der Waals surface area contributed by atoms with Crippen molar-refractivity contribution in [1.82, 2.24) is 29.9 Å². The number of carboxylic acid groups (broad SMARTS) is 1. The zero-order chi connectivity index (χ0) is 36.1. The Balaban J connectivity index is 1.07. The Morgan fingerprint density at radius 2 is 1.65 bits per heavy atom. The molecule has 1 spiro atoms. The van der Waals surface area contributed by atoms with Gasteiger partial charge in [0.25, 0.3) is 0 Å². The number of hydrogen-bond donors (Lipinski definition) is 2. The fraction of sp³-hybridized carbons (Fsp3) is 0.333. The molecule has 1 amide bonds. The predicted molar refractivity (Wildman–Crippen MR) is 196 cm³/mol. The van der Waals surface area contributed by atoms with Gasteiger partial charge in [-0.05, 0) is 17.7 Å². The van der Waals surface area contributed by atoms with Gasteiger partial charge in [-0.15, -0.1) is 0 Å². The predicted octanol–water partition coefficient (Wildman–Crippen LogP) is 5.27. The molecule has 2 aromatic heterocycles. The van der Waals surface area contributed by atoms with Crippen molar-refractivity contribution in [3.8, 4) is 45.5 Å². The molecule has 52 heavy (non-hydrogen) atoms. The Labute approximate surface area is 305 Å². The fourth-order valence-electron chi connectivity index (χ4n) is 7.90. The Hall–Kier alpha value is -5.17. The number of halogens is 1. The zero-order valence-electron chi connectivity index (χ0n) is 29.2. The zero-order valence-corrected chi connectivity index (χ0v) is 29.9. The molecule has 0 unspecified atom stereocenters. The number of likely N-dealkylation sites (tertiary alicyclic amines) is 2. The number of hydrogen-bond acceptors (Lipinski definition) is 9. The molecule has 13 heteroatoms. The summed E-state index contributed by atoms with van der Waals surface area (Å²) >= 11 is 7.20. The number of ether oxygens (including phenoxy) is 3. The normalized spacial score (nSPS) is 17.2. The number of fused-ring (bicyclic) bond motifs is 1. The lowest BCUT2D eigenvalue weighted by atomic mass is 9.79. The van der Waals surface area contributed by atoms with Crippen LogP contribution in [0.15, 0.2) is 66.9 Å². The highest BCUT2D eigenvalue weighted by Crippen LogP contribution is 2.42. The van der Waals surface area contributed by atoms with E-state index in [4.69, 9.17) is 35.9 Å². The molecule has 5 aromatic rings. The van der Waals surface area contributed by atoms with Crippen molar-refractivity contribution in [3.63, 3.8) is 0 Å². The van der Waals surface area contributed by atoms with E-state index in [0.29, 0.717) is 60.7 Å². The highest BCUT2D eigenvalue weighted by atomic mass is 35.5. The molecule has 268 valence electrons. The summed E-state index contributed by atoms with van der Waals surface area (Å²) in [5.74, 6) is 0.826. The van der Waals surface area contributed by atoms with Crippen molar-refractivity contribution in [2.45, 2.75) is 19.5 Å². The van der Waals surface area contributed by atoms with Gasteiger partial charge >= 0.3 is 5.97 Å². The summed E-state index contributed by atoms with van der Waals surface area (Å²) in [4.78, 5) is 32.4. The third-order valence-electron chi connectivity index (χ3n) is 10.5. The van der Waals surface area contributed by atoms with Crippen LogP contribution in [0.2, 0.25) is 5.02 Å². The smallest absolute Gasteiger partial charge is 0.309 e. The average Bonchev–Trinajstić information content (AvgIpc) is 3.73. The maximum absolute atomic E-state index is 11.8. The second kappa shape index (κ2) is 13.4. The van der Waals surface area contributed by atoms with Crippen LogP contribution in [0.3, 0.4) is 0 Å². The summed E-state index contributed by atoms with van der Waals surface area (Å²) in [5.41, 5.74) is 6.78. The summed E-state index contributed by atoms with van der Waals surface area (Å²) in [6.45, 7) is 4.66. The summed E-state index contributed by atoms with van der Waals surface area (Å²) in [6.07, 6.45) is 2.43. The molecule has 3 saturated heterocycles. The third kappa shape index (κ3) is 6.00. The molecule has 0 aliphatic carbocycles. The molecule has 3 aliphatic rings. The number of methoxy groups -OCH3 is 3. The van der Waals surface area contributed by atoms with Crippen LogP contribution < -0.4 is 19.5 Å². The van der Waals surface area contributed by atoms with Gasteiger partial charge in [-0.1, -0.05) is 48.0 Å². The van der Waals surface area contributed by atoms with Crippen LogP contribution in [-0.4, -0.2) is 95.6 Å². The number of nitrogens with one attached hydrogen (secondary N) is 1. The molecule has 0 radical (unpaired) electrons. The second-order valence-electron chi connectivity index (χ2n) is 14.0. The van der Waals surface area contributed by atoms with Crippen molar-refractivity contribution >= 4 is 34.4 Å². The van der Waals surface area contributed by atoms with Crippen LogP contribution in [0, 0.1) is 11.3 Å². The number of carbonyl (C=O) groups excluding carboxylic acids is 1. The number of amides is 1. The number of nitrogens with zero attached hydrogens (tertiary/aromatic N) is 5. The number of pyridine rings is 1. The van der Waals surface area contributed by atoms with Crippen LogP contribution in [0.4, 0.5) is 0 Å². The molecule has 3 aliphatic heterocycles. The SMILES string of the molecule is COc1cc(-n2ncc3c(-c4cccc(-c5ccc(CN6CC7(CNC(=O)C7)C6)c(OC)n5)c4Cl)cccc32)cc(OC)c1CN1CC(C(=O)O)C1. The molecule has 3 aromatic carbocycles. The summed E-state index contributed by atoms with van der Waals surface area (Å²) < 4.78 is 19.2. The quantitative estimate of drug-likeness (QED) is 0.186. The van der Waals surface area contributed by atoms with Crippen molar-refractivity contribution in [2.24, 2.45) is 11.3 Å². The monoisotopic (exact) mass is 722 g/mol. The lowest BCUT2D eigenvalue weighted by molar-refractivity contribution is -0.147. The molecule has 0 bridgehead atoms. The number of rotatable bonds is 11. The second-order valence-corrected chi connectivity index (χ2v) is 14.4. The fourth-order valence-corrected chi connectivity index (χ4v) is 8.23. The van der Waals surface area contributed by atoms with E-state index in [9.17, 15) is 14.7 Å².